The minimum absolute atomic E-state index is 1.08. The number of likely N-dealkylation sites (N-methyl/N-ethyl adjacent to an activating group) is 1. The molecular formula is C17H17N. The summed E-state index contributed by atoms with van der Waals surface area (Å²) in [6.45, 7) is 2.16. The monoisotopic (exact) mass is 235 g/mol. The Balaban J connectivity index is 2.09. The maximum absolute atomic E-state index is 2.33. The van der Waals surface area contributed by atoms with E-state index in [0.717, 1.165) is 13.1 Å². The number of nitrogens with zero attached hydrogens (tertiary/aromatic N) is 1. The first-order valence-corrected chi connectivity index (χ1v) is 6.36. The Morgan fingerprint density at radius 2 is 1.22 bits per heavy atom. The minimum atomic E-state index is 1.08. The molecule has 1 fully saturated rings. The molecule has 0 saturated carbocycles. The zero-order valence-corrected chi connectivity index (χ0v) is 10.6. The molecule has 0 spiro atoms. The van der Waals surface area contributed by atoms with Gasteiger partial charge in [0.15, 0.2) is 0 Å². The van der Waals surface area contributed by atoms with Gasteiger partial charge in [0.25, 0.3) is 0 Å². The van der Waals surface area contributed by atoms with Crippen molar-refractivity contribution in [2.75, 3.05) is 20.1 Å². The standard InChI is InChI=1S/C17H17N/c1-18-12-16(13-18)17(14-8-4-2-5-9-14)15-10-6-3-7-11-15/h2-11H,12-13H2,1H3. The lowest BCUT2D eigenvalue weighted by atomic mass is 9.90. The van der Waals surface area contributed by atoms with Crippen molar-refractivity contribution < 1.29 is 0 Å². The fraction of sp³-hybridized carbons (Fsp3) is 0.176. The third-order valence-electron chi connectivity index (χ3n) is 3.40. The van der Waals surface area contributed by atoms with Gasteiger partial charge in [-0.1, -0.05) is 60.7 Å². The molecule has 1 heteroatoms. The summed E-state index contributed by atoms with van der Waals surface area (Å²) in [4.78, 5) is 2.33. The summed E-state index contributed by atoms with van der Waals surface area (Å²) in [5, 5.41) is 0. The lowest BCUT2D eigenvalue weighted by Gasteiger charge is -2.33. The Morgan fingerprint density at radius 1 is 0.778 bits per heavy atom. The lowest BCUT2D eigenvalue weighted by Crippen LogP contribution is -2.37. The van der Waals surface area contributed by atoms with Crippen LogP contribution in [0.15, 0.2) is 66.2 Å². The highest BCUT2D eigenvalue weighted by Crippen LogP contribution is 2.30. The van der Waals surface area contributed by atoms with Crippen molar-refractivity contribution in [3.63, 3.8) is 0 Å². The van der Waals surface area contributed by atoms with Gasteiger partial charge in [0.2, 0.25) is 0 Å². The highest BCUT2D eigenvalue weighted by Gasteiger charge is 2.21. The topological polar surface area (TPSA) is 3.24 Å². The van der Waals surface area contributed by atoms with Gasteiger partial charge in [0.05, 0.1) is 0 Å². The number of hydrogen-bond donors (Lipinski definition) is 0. The zero-order chi connectivity index (χ0) is 12.4. The normalized spacial score (nSPS) is 15.3. The van der Waals surface area contributed by atoms with Crippen molar-refractivity contribution >= 4 is 5.57 Å². The molecule has 0 aromatic heterocycles. The Hall–Kier alpha value is -1.86. The van der Waals surface area contributed by atoms with Crippen molar-refractivity contribution in [3.8, 4) is 0 Å². The summed E-state index contributed by atoms with van der Waals surface area (Å²) in [6.07, 6.45) is 0. The van der Waals surface area contributed by atoms with Gasteiger partial charge in [-0.15, -0.1) is 0 Å². The summed E-state index contributed by atoms with van der Waals surface area (Å²) < 4.78 is 0. The Bertz CT molecular complexity index is 505. The third-order valence-corrected chi connectivity index (χ3v) is 3.40. The molecule has 1 aliphatic rings. The second kappa shape index (κ2) is 4.79. The molecule has 1 heterocycles. The largest absolute Gasteiger partial charge is 0.298 e. The van der Waals surface area contributed by atoms with E-state index >= 15 is 0 Å². The van der Waals surface area contributed by atoms with Gasteiger partial charge in [-0.25, -0.2) is 0 Å². The molecule has 3 rings (SSSR count). The number of hydrogen-bond acceptors (Lipinski definition) is 1. The van der Waals surface area contributed by atoms with E-state index in [1.165, 1.54) is 22.3 Å². The summed E-state index contributed by atoms with van der Waals surface area (Å²) in [5.74, 6) is 0. The average molecular weight is 235 g/mol. The molecule has 90 valence electrons. The highest BCUT2D eigenvalue weighted by atomic mass is 15.1. The second-order valence-corrected chi connectivity index (χ2v) is 4.88. The molecule has 2 aromatic carbocycles. The van der Waals surface area contributed by atoms with E-state index < -0.39 is 0 Å². The predicted octanol–water partition coefficient (Wildman–Crippen LogP) is 3.43. The Labute approximate surface area is 108 Å². The molecule has 0 radical (unpaired) electrons. The van der Waals surface area contributed by atoms with Crippen LogP contribution < -0.4 is 0 Å². The summed E-state index contributed by atoms with van der Waals surface area (Å²) in [5.41, 5.74) is 5.60. The summed E-state index contributed by atoms with van der Waals surface area (Å²) in [7, 11) is 2.16. The Morgan fingerprint density at radius 3 is 1.61 bits per heavy atom. The summed E-state index contributed by atoms with van der Waals surface area (Å²) >= 11 is 0. The van der Waals surface area contributed by atoms with Crippen LogP contribution in [-0.4, -0.2) is 25.0 Å². The van der Waals surface area contributed by atoms with Gasteiger partial charge in [-0.05, 0) is 29.3 Å². The maximum atomic E-state index is 2.33. The molecule has 1 aliphatic heterocycles. The van der Waals surface area contributed by atoms with E-state index in [2.05, 4.69) is 72.6 Å². The van der Waals surface area contributed by atoms with Gasteiger partial charge in [-0.2, -0.15) is 0 Å². The molecule has 0 atom stereocenters. The SMILES string of the molecule is CN1CC(=C(c2ccccc2)c2ccccc2)C1. The molecule has 1 saturated heterocycles. The van der Waals surface area contributed by atoms with Crippen LogP contribution in [0, 0.1) is 0 Å². The van der Waals surface area contributed by atoms with Crippen LogP contribution in [0.4, 0.5) is 0 Å². The van der Waals surface area contributed by atoms with Crippen LogP contribution in [0.3, 0.4) is 0 Å². The fourth-order valence-corrected chi connectivity index (χ4v) is 2.55. The first-order chi connectivity index (χ1) is 8.84. The molecule has 18 heavy (non-hydrogen) atoms. The first-order valence-electron chi connectivity index (χ1n) is 6.36. The van der Waals surface area contributed by atoms with Crippen LogP contribution in [0.2, 0.25) is 0 Å². The van der Waals surface area contributed by atoms with E-state index in [-0.39, 0.29) is 0 Å². The van der Waals surface area contributed by atoms with Crippen LogP contribution in [0.25, 0.3) is 5.57 Å². The van der Waals surface area contributed by atoms with E-state index in [1.807, 2.05) is 0 Å². The van der Waals surface area contributed by atoms with Crippen LogP contribution in [-0.2, 0) is 0 Å². The quantitative estimate of drug-likeness (QED) is 0.770. The molecule has 0 unspecified atom stereocenters. The molecule has 0 aliphatic carbocycles. The first kappa shape index (κ1) is 11.2. The van der Waals surface area contributed by atoms with E-state index in [1.54, 1.807) is 0 Å². The lowest BCUT2D eigenvalue weighted by molar-refractivity contribution is 0.311. The van der Waals surface area contributed by atoms with Gasteiger partial charge in [0.1, 0.15) is 0 Å². The molecule has 0 amide bonds. The molecule has 0 N–H and O–H groups in total. The average Bonchev–Trinajstić information content (AvgIpc) is 2.40. The van der Waals surface area contributed by atoms with Gasteiger partial charge in [0, 0.05) is 13.1 Å². The van der Waals surface area contributed by atoms with Crippen molar-refractivity contribution in [1.29, 1.82) is 0 Å². The van der Waals surface area contributed by atoms with Gasteiger partial charge >= 0.3 is 0 Å². The van der Waals surface area contributed by atoms with Crippen molar-refractivity contribution in [3.05, 3.63) is 77.4 Å². The third kappa shape index (κ3) is 2.09. The molecule has 0 bridgehead atoms. The summed E-state index contributed by atoms with van der Waals surface area (Å²) in [6, 6.07) is 21.4. The number of likely N-dealkylation sites (tertiary alicyclic amines) is 1. The van der Waals surface area contributed by atoms with Crippen molar-refractivity contribution in [2.24, 2.45) is 0 Å². The molecular weight excluding hydrogens is 218 g/mol. The van der Waals surface area contributed by atoms with E-state index in [0.29, 0.717) is 0 Å². The zero-order valence-electron chi connectivity index (χ0n) is 10.6. The smallest absolute Gasteiger partial charge is 0.0215 e. The maximum Gasteiger partial charge on any atom is 0.0215 e. The molecule has 1 nitrogen and oxygen atoms in total. The van der Waals surface area contributed by atoms with Gasteiger partial charge in [-0.3, -0.25) is 4.90 Å². The van der Waals surface area contributed by atoms with Crippen LogP contribution >= 0.6 is 0 Å². The molecule has 2 aromatic rings. The van der Waals surface area contributed by atoms with Gasteiger partial charge < -0.3 is 0 Å². The number of rotatable bonds is 2. The number of benzene rings is 2. The van der Waals surface area contributed by atoms with E-state index in [9.17, 15) is 0 Å². The highest BCUT2D eigenvalue weighted by molar-refractivity contribution is 5.83. The Kier molecular flexibility index (Phi) is 2.99. The van der Waals surface area contributed by atoms with Crippen molar-refractivity contribution in [2.45, 2.75) is 0 Å². The van der Waals surface area contributed by atoms with E-state index in [4.69, 9.17) is 0 Å². The van der Waals surface area contributed by atoms with Crippen molar-refractivity contribution in [1.82, 2.24) is 4.90 Å². The fourth-order valence-electron chi connectivity index (χ4n) is 2.55. The second-order valence-electron chi connectivity index (χ2n) is 4.88. The van der Waals surface area contributed by atoms with Crippen LogP contribution in [0.5, 0.6) is 0 Å². The minimum Gasteiger partial charge on any atom is -0.298 e. The predicted molar refractivity (Wildman–Crippen MR) is 76.4 cm³/mol. The van der Waals surface area contributed by atoms with Crippen LogP contribution in [0.1, 0.15) is 11.1 Å².